The number of hydrogen-bond acceptors (Lipinski definition) is 10. The van der Waals surface area contributed by atoms with Crippen LogP contribution in [0.5, 0.6) is 23.0 Å². The SMILES string of the molecule is CNc1cc(OCc2cc(COc3cc4c(cc3OC)C(=O)N3c5ccccc5CC3CN4)cc([N+](=O)[O-])c2)c(OC)cc1-c1ccccc1C[C@@H](C)NC=O. The van der Waals surface area contributed by atoms with Crippen LogP contribution < -0.4 is 39.8 Å². The Morgan fingerprint density at radius 2 is 1.54 bits per heavy atom. The molecule has 2 aliphatic heterocycles. The Labute approximate surface area is 324 Å². The highest BCUT2D eigenvalue weighted by Gasteiger charge is 2.37. The molecule has 3 N–H and O–H groups in total. The number of methoxy groups -OCH3 is 2. The summed E-state index contributed by atoms with van der Waals surface area (Å²) in [7, 11) is 4.88. The van der Waals surface area contributed by atoms with Gasteiger partial charge < -0.3 is 39.8 Å². The average molecular weight is 758 g/mol. The summed E-state index contributed by atoms with van der Waals surface area (Å²) in [6.45, 7) is 2.50. The summed E-state index contributed by atoms with van der Waals surface area (Å²) in [5.41, 5.74) is 7.83. The molecule has 2 heterocycles. The minimum absolute atomic E-state index is 0.00794. The van der Waals surface area contributed by atoms with Crippen LogP contribution in [-0.2, 0) is 30.8 Å². The van der Waals surface area contributed by atoms with Crippen LogP contribution in [0.3, 0.4) is 0 Å². The fraction of sp³-hybridized carbons (Fsp3) is 0.256. The van der Waals surface area contributed by atoms with Gasteiger partial charge in [0.2, 0.25) is 6.41 Å². The lowest BCUT2D eigenvalue weighted by Crippen LogP contribution is -2.39. The van der Waals surface area contributed by atoms with Gasteiger partial charge in [-0.1, -0.05) is 42.5 Å². The molecule has 0 radical (unpaired) electrons. The fourth-order valence-corrected chi connectivity index (χ4v) is 7.48. The Balaban J connectivity index is 1.11. The van der Waals surface area contributed by atoms with Crippen molar-refractivity contribution >= 4 is 35.1 Å². The number of para-hydroxylation sites is 1. The number of hydrogen-bond donors (Lipinski definition) is 3. The molecule has 2 atom stereocenters. The van der Waals surface area contributed by atoms with E-state index >= 15 is 0 Å². The first-order chi connectivity index (χ1) is 27.2. The third kappa shape index (κ3) is 7.61. The monoisotopic (exact) mass is 757 g/mol. The maximum absolute atomic E-state index is 13.9. The summed E-state index contributed by atoms with van der Waals surface area (Å²) < 4.78 is 23.9. The molecule has 0 saturated carbocycles. The van der Waals surface area contributed by atoms with Crippen LogP contribution in [0.2, 0.25) is 0 Å². The molecule has 0 saturated heterocycles. The van der Waals surface area contributed by atoms with Crippen LogP contribution >= 0.6 is 0 Å². The number of nitrogens with zero attached hydrogens (tertiary/aromatic N) is 2. The summed E-state index contributed by atoms with van der Waals surface area (Å²) in [4.78, 5) is 38.3. The molecule has 0 fully saturated rings. The Hall–Kier alpha value is -6.76. The summed E-state index contributed by atoms with van der Waals surface area (Å²) in [5.74, 6) is 1.56. The normalized spacial score (nSPS) is 14.6. The van der Waals surface area contributed by atoms with Crippen LogP contribution in [-0.4, -0.2) is 57.1 Å². The smallest absolute Gasteiger partial charge is 0.270 e. The first kappa shape index (κ1) is 37.6. The van der Waals surface area contributed by atoms with E-state index in [-0.39, 0.29) is 36.9 Å². The number of nitro benzene ring substituents is 1. The Bertz CT molecular complexity index is 2300. The van der Waals surface area contributed by atoms with Crippen molar-refractivity contribution in [2.75, 3.05) is 43.3 Å². The van der Waals surface area contributed by atoms with Crippen molar-refractivity contribution in [1.29, 1.82) is 0 Å². The molecule has 0 aliphatic carbocycles. The number of nitrogens with one attached hydrogen (secondary N) is 3. The Morgan fingerprint density at radius 3 is 2.21 bits per heavy atom. The highest BCUT2D eigenvalue weighted by Crippen LogP contribution is 2.42. The molecule has 1 unspecified atom stereocenters. The zero-order valence-electron chi connectivity index (χ0n) is 31.6. The van der Waals surface area contributed by atoms with Gasteiger partial charge in [-0.15, -0.1) is 0 Å². The largest absolute Gasteiger partial charge is 0.493 e. The van der Waals surface area contributed by atoms with E-state index in [0.717, 1.165) is 40.0 Å². The van der Waals surface area contributed by atoms with Gasteiger partial charge in [0.25, 0.3) is 11.6 Å². The van der Waals surface area contributed by atoms with Crippen molar-refractivity contribution in [1.82, 2.24) is 5.32 Å². The Kier molecular flexibility index (Phi) is 10.9. The number of ether oxygens (including phenoxy) is 4. The molecule has 2 amide bonds. The number of carbonyl (C=O) groups is 2. The van der Waals surface area contributed by atoms with Gasteiger partial charge in [-0.25, -0.2) is 0 Å². The van der Waals surface area contributed by atoms with Crippen LogP contribution in [0.25, 0.3) is 11.1 Å². The number of anilines is 3. The minimum atomic E-state index is -0.451. The molecule has 288 valence electrons. The average Bonchev–Trinajstić information content (AvgIpc) is 3.53. The summed E-state index contributed by atoms with van der Waals surface area (Å²) in [6, 6.07) is 27.7. The molecule has 56 heavy (non-hydrogen) atoms. The number of non-ortho nitro benzene ring substituents is 1. The number of carbonyl (C=O) groups excluding carboxylic acids is 2. The Morgan fingerprint density at radius 1 is 0.875 bits per heavy atom. The van der Waals surface area contributed by atoms with E-state index in [2.05, 4.69) is 22.0 Å². The van der Waals surface area contributed by atoms with Gasteiger partial charge in [-0.05, 0) is 71.8 Å². The molecule has 5 aromatic rings. The van der Waals surface area contributed by atoms with E-state index in [1.165, 1.54) is 19.2 Å². The van der Waals surface area contributed by atoms with Crippen molar-refractivity contribution in [3.63, 3.8) is 0 Å². The van der Waals surface area contributed by atoms with Crippen molar-refractivity contribution in [2.24, 2.45) is 0 Å². The molecule has 5 aromatic carbocycles. The van der Waals surface area contributed by atoms with E-state index in [1.807, 2.05) is 73.5 Å². The zero-order valence-corrected chi connectivity index (χ0v) is 31.6. The number of benzene rings is 5. The first-order valence-corrected chi connectivity index (χ1v) is 18.3. The van der Waals surface area contributed by atoms with Gasteiger partial charge in [-0.3, -0.25) is 19.7 Å². The van der Waals surface area contributed by atoms with Crippen LogP contribution in [0.1, 0.15) is 39.5 Å². The maximum atomic E-state index is 13.9. The van der Waals surface area contributed by atoms with Gasteiger partial charge in [0.1, 0.15) is 13.2 Å². The molecule has 0 bridgehead atoms. The standard InChI is InChI=1S/C43H43N5O8/c1-26(46-25-49)13-29-9-5-7-11-33(29)34-18-39(53-3)41(20-36(34)44-2)55-23-27-14-28(16-31(15-27)48(51)52)24-56-42-21-37-35(19-40(42)54-4)43(50)47-32(22-45-37)17-30-10-6-8-12-38(30)47/h5-12,14-16,18-21,25-26,32,44-45H,13,17,22-24H2,1-4H3,(H,46,49)/t26-,32?/m1/s1. The van der Waals surface area contributed by atoms with Gasteiger partial charge in [0.15, 0.2) is 23.0 Å². The van der Waals surface area contributed by atoms with Gasteiger partial charge in [-0.2, -0.15) is 0 Å². The summed E-state index contributed by atoms with van der Waals surface area (Å²) in [6.07, 6.45) is 2.09. The lowest BCUT2D eigenvalue weighted by Gasteiger charge is -2.22. The number of fused-ring (bicyclic) bond motifs is 4. The van der Waals surface area contributed by atoms with E-state index in [4.69, 9.17) is 18.9 Å². The summed E-state index contributed by atoms with van der Waals surface area (Å²) in [5, 5.41) is 21.5. The minimum Gasteiger partial charge on any atom is -0.493 e. The topological polar surface area (TPSA) is 154 Å². The lowest BCUT2D eigenvalue weighted by atomic mass is 9.94. The molecule has 0 aromatic heterocycles. The lowest BCUT2D eigenvalue weighted by molar-refractivity contribution is -0.385. The first-order valence-electron chi connectivity index (χ1n) is 18.3. The third-order valence-electron chi connectivity index (χ3n) is 10.1. The molecule has 2 aliphatic rings. The van der Waals surface area contributed by atoms with Crippen molar-refractivity contribution in [2.45, 2.75) is 45.1 Å². The number of amides is 2. The molecular formula is C43H43N5O8. The molecule has 7 rings (SSSR count). The highest BCUT2D eigenvalue weighted by atomic mass is 16.6. The molecule has 13 nitrogen and oxygen atoms in total. The van der Waals surface area contributed by atoms with Crippen molar-refractivity contribution in [3.8, 4) is 34.1 Å². The second-order valence-electron chi connectivity index (χ2n) is 13.8. The molecular weight excluding hydrogens is 714 g/mol. The third-order valence-corrected chi connectivity index (χ3v) is 10.1. The molecule has 13 heteroatoms. The van der Waals surface area contributed by atoms with E-state index in [0.29, 0.717) is 64.8 Å². The molecule has 0 spiro atoms. The van der Waals surface area contributed by atoms with Crippen LogP contribution in [0.4, 0.5) is 22.7 Å². The second kappa shape index (κ2) is 16.3. The number of rotatable bonds is 15. The highest BCUT2D eigenvalue weighted by molar-refractivity contribution is 6.12. The predicted octanol–water partition coefficient (Wildman–Crippen LogP) is 7.15. The van der Waals surface area contributed by atoms with Crippen molar-refractivity contribution < 1.29 is 33.5 Å². The second-order valence-corrected chi connectivity index (χ2v) is 13.8. The quantitative estimate of drug-likeness (QED) is 0.0570. The zero-order chi connectivity index (χ0) is 39.3. The van der Waals surface area contributed by atoms with Crippen LogP contribution in [0.15, 0.2) is 91.0 Å². The van der Waals surface area contributed by atoms with E-state index < -0.39 is 4.92 Å². The summed E-state index contributed by atoms with van der Waals surface area (Å²) >= 11 is 0. The number of nitro groups is 1. The van der Waals surface area contributed by atoms with Gasteiger partial charge in [0, 0.05) is 60.8 Å². The maximum Gasteiger partial charge on any atom is 0.270 e. The van der Waals surface area contributed by atoms with Gasteiger partial charge in [0.05, 0.1) is 36.4 Å². The van der Waals surface area contributed by atoms with Crippen LogP contribution in [0, 0.1) is 10.1 Å². The van der Waals surface area contributed by atoms with Gasteiger partial charge >= 0.3 is 0 Å². The van der Waals surface area contributed by atoms with Crippen molar-refractivity contribution in [3.05, 3.63) is 129 Å². The van der Waals surface area contributed by atoms with E-state index in [9.17, 15) is 19.7 Å². The predicted molar refractivity (Wildman–Crippen MR) is 214 cm³/mol. The van der Waals surface area contributed by atoms with E-state index in [1.54, 1.807) is 25.3 Å². The fourth-order valence-electron chi connectivity index (χ4n) is 7.48.